The Balaban J connectivity index is 2.09. The van der Waals surface area contributed by atoms with Crippen LogP contribution in [-0.2, 0) is 4.74 Å². The van der Waals surface area contributed by atoms with Gasteiger partial charge in [0.05, 0.1) is 25.6 Å². The summed E-state index contributed by atoms with van der Waals surface area (Å²) in [4.78, 5) is 11.0. The second-order valence-corrected chi connectivity index (χ2v) is 4.72. The Morgan fingerprint density at radius 3 is 3.00 bits per heavy atom. The number of nitrogen functional groups attached to an aromatic ring is 1. The summed E-state index contributed by atoms with van der Waals surface area (Å²) in [5, 5.41) is 19.7. The first-order chi connectivity index (χ1) is 10.0. The minimum absolute atomic E-state index is 0.0168. The van der Waals surface area contributed by atoms with Crippen LogP contribution in [0.4, 0.5) is 10.2 Å². The molecule has 21 heavy (non-hydrogen) atoms. The number of nitrogens with zero attached hydrogens (tertiary/aromatic N) is 4. The molecular weight excluding hydrogens is 281 g/mol. The van der Waals surface area contributed by atoms with E-state index < -0.39 is 30.4 Å². The molecule has 1 unspecified atom stereocenters. The lowest BCUT2D eigenvalue weighted by atomic mass is 9.96. The van der Waals surface area contributed by atoms with Crippen LogP contribution in [-0.4, -0.2) is 54.7 Å². The van der Waals surface area contributed by atoms with Gasteiger partial charge in [0.15, 0.2) is 17.1 Å². The number of hydrogen-bond acceptors (Lipinski definition) is 7. The first-order valence-electron chi connectivity index (χ1n) is 6.08. The summed E-state index contributed by atoms with van der Waals surface area (Å²) in [5.74, 6) is 2.15. The molecule has 3 heterocycles. The van der Waals surface area contributed by atoms with Crippen LogP contribution in [0.15, 0.2) is 6.33 Å². The van der Waals surface area contributed by atoms with Gasteiger partial charge in [0.1, 0.15) is 11.6 Å². The van der Waals surface area contributed by atoms with Crippen molar-refractivity contribution in [3.63, 3.8) is 0 Å². The van der Waals surface area contributed by atoms with Crippen LogP contribution in [0, 0.1) is 18.4 Å². The van der Waals surface area contributed by atoms with Gasteiger partial charge in [0, 0.05) is 0 Å². The fraction of sp³-hybridized carbons (Fsp3) is 0.417. The molecule has 0 radical (unpaired) electrons. The minimum atomic E-state index is -1.50. The third-order valence-electron chi connectivity index (χ3n) is 3.61. The average Bonchev–Trinajstić information content (AvgIpc) is 3.01. The number of fused-ring (bicyclic) bond motifs is 1. The van der Waals surface area contributed by atoms with E-state index in [-0.39, 0.29) is 23.6 Å². The minimum Gasteiger partial charge on any atom is -0.392 e. The van der Waals surface area contributed by atoms with Crippen LogP contribution in [0.1, 0.15) is 6.04 Å². The van der Waals surface area contributed by atoms with E-state index in [0.29, 0.717) is 0 Å². The molecule has 2 aromatic rings. The van der Waals surface area contributed by atoms with E-state index in [1.807, 2.05) is 0 Å². The Morgan fingerprint density at radius 2 is 2.38 bits per heavy atom. The average molecular weight is 293 g/mol. The molecule has 4 N–H and O–H groups in total. The fourth-order valence-electron chi connectivity index (χ4n) is 2.42. The first-order valence-corrected chi connectivity index (χ1v) is 6.08. The van der Waals surface area contributed by atoms with E-state index in [2.05, 4.69) is 20.9 Å². The number of aliphatic hydroxyl groups is 2. The van der Waals surface area contributed by atoms with Crippen molar-refractivity contribution < 1.29 is 19.3 Å². The topological polar surface area (TPSA) is 119 Å². The number of imidazole rings is 1. The molecule has 1 saturated heterocycles. The number of terminal acetylenes is 1. The summed E-state index contributed by atoms with van der Waals surface area (Å²) < 4.78 is 20.1. The van der Waals surface area contributed by atoms with E-state index in [1.165, 1.54) is 10.9 Å². The van der Waals surface area contributed by atoms with Crippen LogP contribution in [0.2, 0.25) is 0 Å². The molecule has 0 aromatic carbocycles. The van der Waals surface area contributed by atoms with Crippen LogP contribution >= 0.6 is 0 Å². The van der Waals surface area contributed by atoms with Gasteiger partial charge in [0.2, 0.25) is 0 Å². The Bertz CT molecular complexity index is 742. The van der Waals surface area contributed by atoms with Crippen LogP contribution in [0.5, 0.6) is 0 Å². The number of hydrogen-bond donors (Lipinski definition) is 3. The number of rotatable bonds is 2. The third kappa shape index (κ3) is 1.84. The quantitative estimate of drug-likeness (QED) is 0.472. The van der Waals surface area contributed by atoms with Gasteiger partial charge >= 0.3 is 6.08 Å². The van der Waals surface area contributed by atoms with Crippen molar-refractivity contribution in [1.29, 1.82) is 0 Å². The molecule has 0 spiro atoms. The predicted molar refractivity (Wildman–Crippen MR) is 69.3 cm³/mol. The van der Waals surface area contributed by atoms with Crippen LogP contribution < -0.4 is 5.73 Å². The lowest BCUT2D eigenvalue weighted by molar-refractivity contribution is -0.0495. The molecular formula is C12H12FN5O3. The van der Waals surface area contributed by atoms with Crippen molar-refractivity contribution >= 4 is 17.0 Å². The lowest BCUT2D eigenvalue weighted by Crippen LogP contribution is -2.43. The number of anilines is 1. The first kappa shape index (κ1) is 13.7. The highest BCUT2D eigenvalue weighted by Crippen LogP contribution is 2.34. The molecule has 0 bridgehead atoms. The molecule has 1 fully saturated rings. The van der Waals surface area contributed by atoms with E-state index in [4.69, 9.17) is 16.9 Å². The third-order valence-corrected chi connectivity index (χ3v) is 3.61. The monoisotopic (exact) mass is 293 g/mol. The van der Waals surface area contributed by atoms with Gasteiger partial charge in [-0.2, -0.15) is 14.4 Å². The summed E-state index contributed by atoms with van der Waals surface area (Å²) in [6.45, 7) is -0.526. The Hall–Kier alpha value is -2.28. The van der Waals surface area contributed by atoms with Crippen molar-refractivity contribution in [1.82, 2.24) is 19.5 Å². The summed E-state index contributed by atoms with van der Waals surface area (Å²) >= 11 is 0. The number of halogens is 1. The number of ether oxygens (including phenoxy) is 1. The Morgan fingerprint density at radius 1 is 1.62 bits per heavy atom. The van der Waals surface area contributed by atoms with Gasteiger partial charge in [-0.15, -0.1) is 6.42 Å². The molecule has 0 amide bonds. The zero-order valence-corrected chi connectivity index (χ0v) is 10.8. The Labute approximate surface area is 118 Å². The number of aliphatic hydroxyl groups excluding tert-OH is 2. The molecule has 1 aliphatic rings. The van der Waals surface area contributed by atoms with Crippen molar-refractivity contribution in [2.45, 2.75) is 17.7 Å². The Kier molecular flexibility index (Phi) is 3.02. The van der Waals surface area contributed by atoms with Crippen molar-refractivity contribution in [3.8, 4) is 12.3 Å². The van der Waals surface area contributed by atoms with Gasteiger partial charge in [-0.1, -0.05) is 5.92 Å². The lowest BCUT2D eigenvalue weighted by Gasteiger charge is -2.25. The molecule has 110 valence electrons. The highest BCUT2D eigenvalue weighted by molar-refractivity contribution is 5.81. The second-order valence-electron chi connectivity index (χ2n) is 4.72. The number of aromatic nitrogens is 4. The normalized spacial score (nSPS) is 28.9. The smallest absolute Gasteiger partial charge is 0.312 e. The summed E-state index contributed by atoms with van der Waals surface area (Å²) in [7, 11) is 0. The van der Waals surface area contributed by atoms with Crippen molar-refractivity contribution in [3.05, 3.63) is 12.4 Å². The molecule has 8 nitrogen and oxygen atoms in total. The maximum Gasteiger partial charge on any atom is 0.312 e. The zero-order chi connectivity index (χ0) is 15.2. The van der Waals surface area contributed by atoms with Crippen molar-refractivity contribution in [2.24, 2.45) is 0 Å². The van der Waals surface area contributed by atoms with Gasteiger partial charge in [-0.25, -0.2) is 4.98 Å². The van der Waals surface area contributed by atoms with Gasteiger partial charge in [-0.3, -0.25) is 0 Å². The van der Waals surface area contributed by atoms with Crippen molar-refractivity contribution in [2.75, 3.05) is 18.9 Å². The molecule has 2 aromatic heterocycles. The summed E-state index contributed by atoms with van der Waals surface area (Å²) in [5.41, 5.74) is 4.41. The van der Waals surface area contributed by atoms with Gasteiger partial charge in [0.25, 0.3) is 0 Å². The fourth-order valence-corrected chi connectivity index (χ4v) is 2.42. The standard InChI is InChI=1S/C12H12FN5O3/c1-2-12(4-19)8(20)6(3-21-12)18-5-15-7-9(14)16-11(13)17-10(7)18/h1,5-6,8,19-20H,3-4H2,(H2,14,16,17)/t6?,8-,12+/m0/s1. The predicted octanol–water partition coefficient (Wildman–Crippen LogP) is -1.16. The molecule has 3 rings (SSSR count). The molecule has 0 aliphatic carbocycles. The van der Waals surface area contributed by atoms with Crippen LogP contribution in [0.25, 0.3) is 11.2 Å². The van der Waals surface area contributed by atoms with E-state index in [1.54, 1.807) is 0 Å². The van der Waals surface area contributed by atoms with Crippen LogP contribution in [0.3, 0.4) is 0 Å². The van der Waals surface area contributed by atoms with E-state index in [9.17, 15) is 14.6 Å². The highest BCUT2D eigenvalue weighted by Gasteiger charge is 2.49. The van der Waals surface area contributed by atoms with E-state index >= 15 is 0 Å². The second kappa shape index (κ2) is 4.63. The van der Waals surface area contributed by atoms with Gasteiger partial charge < -0.3 is 25.3 Å². The van der Waals surface area contributed by atoms with E-state index in [0.717, 1.165) is 0 Å². The van der Waals surface area contributed by atoms with Gasteiger partial charge in [-0.05, 0) is 0 Å². The summed E-state index contributed by atoms with van der Waals surface area (Å²) in [6.07, 6.45) is 4.46. The zero-order valence-electron chi connectivity index (χ0n) is 10.8. The SMILES string of the molecule is C#C[C@]1(CO)OCC(n2cnc3c(N)nc(F)nc32)[C@@H]1O. The molecule has 0 saturated carbocycles. The maximum absolute atomic E-state index is 13.3. The molecule has 1 aliphatic heterocycles. The summed E-state index contributed by atoms with van der Waals surface area (Å²) in [6, 6.07) is -0.674. The highest BCUT2D eigenvalue weighted by atomic mass is 19.1. The molecule has 3 atom stereocenters. The largest absolute Gasteiger partial charge is 0.392 e. The maximum atomic E-state index is 13.3. The molecule has 9 heteroatoms. The number of nitrogens with two attached hydrogens (primary N) is 1.